The standard InChI is InChI=1S/C30H41N3PS2/c1-30(2)21-35-29(36-22-30)34(26-15-9-23(10-16-26)31(3)4,27-17-11-24(12-18-27)32(5)6)28-19-13-25(14-20-28)33(7)8/h9-20,29H,21-22H2,1-8H3/q+1. The second-order valence-electron chi connectivity index (χ2n) is 11.0. The van der Waals surface area contributed by atoms with Gasteiger partial charge in [-0.2, -0.15) is 0 Å². The molecular formula is C30H41N3PS2+. The van der Waals surface area contributed by atoms with Crippen LogP contribution in [0.4, 0.5) is 17.1 Å². The molecule has 0 radical (unpaired) electrons. The van der Waals surface area contributed by atoms with Crippen molar-refractivity contribution in [3.8, 4) is 0 Å². The molecular weight excluding hydrogens is 497 g/mol. The normalized spacial score (nSPS) is 16.0. The molecule has 0 aromatic heterocycles. The summed E-state index contributed by atoms with van der Waals surface area (Å²) in [6, 6.07) is 28.2. The third kappa shape index (κ3) is 5.39. The van der Waals surface area contributed by atoms with Gasteiger partial charge in [-0.15, -0.1) is 23.5 Å². The number of benzene rings is 3. The lowest BCUT2D eigenvalue weighted by atomic mass is 10.0. The van der Waals surface area contributed by atoms with Crippen molar-refractivity contribution in [3.05, 3.63) is 72.8 Å². The highest BCUT2D eigenvalue weighted by Crippen LogP contribution is 2.69. The van der Waals surface area contributed by atoms with Gasteiger partial charge in [0, 0.05) is 70.9 Å². The van der Waals surface area contributed by atoms with Gasteiger partial charge in [0.2, 0.25) is 0 Å². The third-order valence-electron chi connectivity index (χ3n) is 6.87. The highest BCUT2D eigenvalue weighted by atomic mass is 32.2. The smallest absolute Gasteiger partial charge is 0.174 e. The number of thioether (sulfide) groups is 2. The first-order valence-corrected chi connectivity index (χ1v) is 16.5. The van der Waals surface area contributed by atoms with Gasteiger partial charge in [-0.25, -0.2) is 0 Å². The Bertz CT molecular complexity index is 1010. The molecule has 0 spiro atoms. The van der Waals surface area contributed by atoms with Crippen molar-refractivity contribution in [1.82, 2.24) is 0 Å². The number of hydrogen-bond donors (Lipinski definition) is 0. The molecule has 6 heteroatoms. The number of nitrogens with zero attached hydrogens (tertiary/aromatic N) is 3. The van der Waals surface area contributed by atoms with Crippen molar-refractivity contribution < 1.29 is 0 Å². The van der Waals surface area contributed by atoms with Crippen LogP contribution in [-0.4, -0.2) is 58.1 Å². The first-order valence-electron chi connectivity index (χ1n) is 12.5. The summed E-state index contributed by atoms with van der Waals surface area (Å²) in [6.45, 7) is 4.82. The van der Waals surface area contributed by atoms with Gasteiger partial charge in [0.1, 0.15) is 23.2 Å². The van der Waals surface area contributed by atoms with Crippen molar-refractivity contribution in [2.24, 2.45) is 5.41 Å². The van der Waals surface area contributed by atoms with Gasteiger partial charge in [-0.3, -0.25) is 0 Å². The fourth-order valence-corrected chi connectivity index (χ4v) is 14.9. The lowest BCUT2D eigenvalue weighted by Crippen LogP contribution is -2.39. The maximum Gasteiger partial charge on any atom is 0.174 e. The molecule has 0 atom stereocenters. The molecule has 0 N–H and O–H groups in total. The zero-order valence-corrected chi connectivity index (χ0v) is 25.6. The molecule has 0 unspecified atom stereocenters. The second kappa shape index (κ2) is 10.9. The van der Waals surface area contributed by atoms with Gasteiger partial charge in [-0.1, -0.05) is 13.8 Å². The van der Waals surface area contributed by atoms with E-state index in [1.54, 1.807) is 0 Å². The summed E-state index contributed by atoms with van der Waals surface area (Å²) in [5.41, 5.74) is 4.09. The molecule has 4 rings (SSSR count). The summed E-state index contributed by atoms with van der Waals surface area (Å²) < 4.78 is 0.478. The molecule has 1 aliphatic rings. The summed E-state index contributed by atoms with van der Waals surface area (Å²) >= 11 is 4.35. The molecule has 192 valence electrons. The van der Waals surface area contributed by atoms with Crippen LogP contribution >= 0.6 is 30.8 Å². The van der Waals surface area contributed by atoms with Gasteiger partial charge < -0.3 is 14.7 Å². The Morgan fingerprint density at radius 3 is 1.08 bits per heavy atom. The zero-order valence-electron chi connectivity index (χ0n) is 23.0. The Kier molecular flexibility index (Phi) is 8.24. The van der Waals surface area contributed by atoms with Crippen molar-refractivity contribution in [3.63, 3.8) is 0 Å². The Labute approximate surface area is 228 Å². The minimum atomic E-state index is -1.96. The largest absolute Gasteiger partial charge is 0.378 e. The van der Waals surface area contributed by atoms with E-state index >= 15 is 0 Å². The van der Waals surface area contributed by atoms with E-state index in [1.165, 1.54) is 44.5 Å². The minimum absolute atomic E-state index is 0.361. The Balaban J connectivity index is 1.97. The fraction of sp³-hybridized carbons (Fsp3) is 0.400. The van der Waals surface area contributed by atoms with Gasteiger partial charge in [0.25, 0.3) is 0 Å². The first-order chi connectivity index (χ1) is 17.0. The van der Waals surface area contributed by atoms with Crippen LogP contribution in [0.3, 0.4) is 0 Å². The summed E-state index contributed by atoms with van der Waals surface area (Å²) in [5.74, 6) is 2.38. The average Bonchev–Trinajstić information content (AvgIpc) is 2.86. The predicted molar refractivity (Wildman–Crippen MR) is 171 cm³/mol. The van der Waals surface area contributed by atoms with Crippen LogP contribution in [-0.2, 0) is 0 Å². The number of anilines is 3. The monoisotopic (exact) mass is 538 g/mol. The third-order valence-corrected chi connectivity index (χ3v) is 16.9. The fourth-order valence-electron chi connectivity index (χ4n) is 4.68. The summed E-state index contributed by atoms with van der Waals surface area (Å²) in [7, 11) is 10.7. The van der Waals surface area contributed by atoms with Crippen LogP contribution in [0.2, 0.25) is 0 Å². The number of rotatable bonds is 7. The van der Waals surface area contributed by atoms with Gasteiger partial charge >= 0.3 is 0 Å². The van der Waals surface area contributed by atoms with Crippen LogP contribution in [0, 0.1) is 5.41 Å². The highest BCUT2D eigenvalue weighted by Gasteiger charge is 2.55. The molecule has 1 heterocycles. The van der Waals surface area contributed by atoms with Crippen molar-refractivity contribution >= 4 is 63.8 Å². The van der Waals surface area contributed by atoms with Gasteiger partial charge in [-0.05, 0) is 78.2 Å². The van der Waals surface area contributed by atoms with E-state index in [1.807, 2.05) is 0 Å². The van der Waals surface area contributed by atoms with E-state index in [2.05, 4.69) is 167 Å². The number of hydrogen-bond acceptors (Lipinski definition) is 5. The molecule has 3 aromatic rings. The van der Waals surface area contributed by atoms with Crippen molar-refractivity contribution in [2.45, 2.75) is 18.2 Å². The van der Waals surface area contributed by atoms with E-state index in [0.717, 1.165) is 0 Å². The van der Waals surface area contributed by atoms with E-state index in [9.17, 15) is 0 Å². The van der Waals surface area contributed by atoms with E-state index in [4.69, 9.17) is 0 Å². The van der Waals surface area contributed by atoms with Crippen LogP contribution in [0.5, 0.6) is 0 Å². The molecule has 1 saturated heterocycles. The average molecular weight is 539 g/mol. The van der Waals surface area contributed by atoms with Crippen LogP contribution in [0.15, 0.2) is 72.8 Å². The summed E-state index contributed by atoms with van der Waals surface area (Å²) in [5, 5.41) is 4.40. The van der Waals surface area contributed by atoms with Crippen LogP contribution in [0.1, 0.15) is 13.8 Å². The maximum atomic E-state index is 2.41. The van der Waals surface area contributed by atoms with Crippen LogP contribution in [0.25, 0.3) is 0 Å². The SMILES string of the molecule is CN(C)c1ccc([P+](c2ccc(N(C)C)cc2)(c2ccc(N(C)C)cc2)C2SCC(C)(C)CS2)cc1. The molecule has 3 aromatic carbocycles. The Morgan fingerprint density at radius 2 is 0.833 bits per heavy atom. The topological polar surface area (TPSA) is 9.72 Å². The summed E-state index contributed by atoms with van der Waals surface area (Å²) in [4.78, 5) is 6.57. The maximum absolute atomic E-state index is 2.41. The molecule has 0 aliphatic carbocycles. The highest BCUT2D eigenvalue weighted by molar-refractivity contribution is 8.30. The zero-order chi connectivity index (χ0) is 26.1. The summed E-state index contributed by atoms with van der Waals surface area (Å²) in [6.07, 6.45) is 0. The molecule has 3 nitrogen and oxygen atoms in total. The molecule has 0 bridgehead atoms. The Hall–Kier alpha value is -1.81. The lowest BCUT2D eigenvalue weighted by Gasteiger charge is -2.40. The molecule has 0 amide bonds. The van der Waals surface area contributed by atoms with Crippen LogP contribution < -0.4 is 30.6 Å². The Morgan fingerprint density at radius 1 is 0.556 bits per heavy atom. The van der Waals surface area contributed by atoms with Crippen molar-refractivity contribution in [2.75, 3.05) is 68.5 Å². The molecule has 1 aliphatic heterocycles. The van der Waals surface area contributed by atoms with E-state index < -0.39 is 7.26 Å². The van der Waals surface area contributed by atoms with Gasteiger partial charge in [0.05, 0.1) is 0 Å². The van der Waals surface area contributed by atoms with E-state index in [0.29, 0.717) is 9.74 Å². The quantitative estimate of drug-likeness (QED) is 0.342. The minimum Gasteiger partial charge on any atom is -0.378 e. The first kappa shape index (κ1) is 27.2. The molecule has 0 saturated carbocycles. The van der Waals surface area contributed by atoms with Gasteiger partial charge in [0.15, 0.2) is 4.32 Å². The van der Waals surface area contributed by atoms with Crippen molar-refractivity contribution in [1.29, 1.82) is 0 Å². The predicted octanol–water partition coefficient (Wildman–Crippen LogP) is 5.97. The molecule has 1 fully saturated rings. The molecule has 36 heavy (non-hydrogen) atoms. The lowest BCUT2D eigenvalue weighted by molar-refractivity contribution is 0.490. The van der Waals surface area contributed by atoms with E-state index in [-0.39, 0.29) is 0 Å². The second-order valence-corrected chi connectivity index (χ2v) is 17.7.